The summed E-state index contributed by atoms with van der Waals surface area (Å²) in [5.41, 5.74) is 4.60. The van der Waals surface area contributed by atoms with Crippen LogP contribution in [0.3, 0.4) is 0 Å². The highest BCUT2D eigenvalue weighted by Crippen LogP contribution is 2.59. The van der Waals surface area contributed by atoms with Crippen LogP contribution in [0.15, 0.2) is 54.6 Å². The average Bonchev–Trinajstić information content (AvgIpc) is 3.29. The van der Waals surface area contributed by atoms with Crippen LogP contribution in [0.5, 0.6) is 0 Å². The molecule has 0 aromatic heterocycles. The molecular weight excluding hydrogens is 296 g/mol. The summed E-state index contributed by atoms with van der Waals surface area (Å²) in [5.74, 6) is 0. The Balaban J connectivity index is 1.89. The lowest BCUT2D eigenvalue weighted by Crippen LogP contribution is -2.13. The Kier molecular flexibility index (Phi) is 3.49. The molecule has 0 spiro atoms. The van der Waals surface area contributed by atoms with E-state index in [0.29, 0.717) is 10.2 Å². The summed E-state index contributed by atoms with van der Waals surface area (Å²) >= 11 is 3.95. The zero-order valence-electron chi connectivity index (χ0n) is 11.3. The molecule has 2 aromatic rings. The van der Waals surface area contributed by atoms with Gasteiger partial charge in [0.05, 0.1) is 0 Å². The molecule has 0 heterocycles. The van der Waals surface area contributed by atoms with Crippen LogP contribution in [0.1, 0.15) is 41.3 Å². The van der Waals surface area contributed by atoms with Crippen molar-refractivity contribution < 1.29 is 0 Å². The van der Waals surface area contributed by atoms with Crippen LogP contribution in [-0.2, 0) is 11.8 Å². The first-order valence-electron chi connectivity index (χ1n) is 7.05. The van der Waals surface area contributed by atoms with E-state index >= 15 is 0 Å². The topological polar surface area (TPSA) is 0 Å². The van der Waals surface area contributed by atoms with Gasteiger partial charge in [0.1, 0.15) is 0 Å². The molecule has 1 aliphatic carbocycles. The van der Waals surface area contributed by atoms with Crippen LogP contribution >= 0.6 is 15.9 Å². The SMILES string of the molecule is CCc1ccc(C(Br)C2(c3ccccc3)CC2)cc1. The molecule has 1 fully saturated rings. The largest absolute Gasteiger partial charge is 0.0829 e. The van der Waals surface area contributed by atoms with Gasteiger partial charge in [-0.2, -0.15) is 0 Å². The van der Waals surface area contributed by atoms with Gasteiger partial charge in [-0.05, 0) is 36.0 Å². The molecule has 1 unspecified atom stereocenters. The molecule has 0 aliphatic heterocycles. The standard InChI is InChI=1S/C18H19Br/c1-2-14-8-10-15(11-9-14)17(19)18(12-13-18)16-6-4-3-5-7-16/h3-11,17H,2,12-13H2,1H3. The zero-order valence-corrected chi connectivity index (χ0v) is 12.9. The molecular formula is C18H19Br. The van der Waals surface area contributed by atoms with Gasteiger partial charge in [0, 0.05) is 10.2 Å². The van der Waals surface area contributed by atoms with E-state index in [4.69, 9.17) is 0 Å². The fourth-order valence-electron chi connectivity index (χ4n) is 2.83. The molecule has 1 heteroatoms. The van der Waals surface area contributed by atoms with Crippen LogP contribution in [0.2, 0.25) is 0 Å². The molecule has 0 N–H and O–H groups in total. The highest BCUT2D eigenvalue weighted by Gasteiger charge is 2.50. The molecule has 0 nitrogen and oxygen atoms in total. The minimum Gasteiger partial charge on any atom is -0.0829 e. The van der Waals surface area contributed by atoms with Gasteiger partial charge in [-0.15, -0.1) is 0 Å². The third kappa shape index (κ3) is 2.36. The third-order valence-corrected chi connectivity index (χ3v) is 5.71. The Morgan fingerprint density at radius 3 is 2.16 bits per heavy atom. The predicted molar refractivity (Wildman–Crippen MR) is 84.8 cm³/mol. The summed E-state index contributed by atoms with van der Waals surface area (Å²) in [6.07, 6.45) is 3.67. The first-order valence-corrected chi connectivity index (χ1v) is 7.96. The van der Waals surface area contributed by atoms with Gasteiger partial charge in [-0.3, -0.25) is 0 Å². The molecule has 1 saturated carbocycles. The summed E-state index contributed by atoms with van der Waals surface area (Å²) in [6, 6.07) is 20.0. The molecule has 19 heavy (non-hydrogen) atoms. The van der Waals surface area contributed by atoms with Crippen molar-refractivity contribution in [2.24, 2.45) is 0 Å². The minimum atomic E-state index is 0.314. The summed E-state index contributed by atoms with van der Waals surface area (Å²) < 4.78 is 0. The summed E-state index contributed by atoms with van der Waals surface area (Å²) in [5, 5.41) is 0. The molecule has 2 aromatic carbocycles. The van der Waals surface area contributed by atoms with Crippen molar-refractivity contribution in [2.75, 3.05) is 0 Å². The molecule has 0 saturated heterocycles. The van der Waals surface area contributed by atoms with Crippen LogP contribution in [0.25, 0.3) is 0 Å². The van der Waals surface area contributed by atoms with Gasteiger partial charge < -0.3 is 0 Å². The Hall–Kier alpha value is -1.08. The van der Waals surface area contributed by atoms with Crippen LogP contribution in [-0.4, -0.2) is 0 Å². The monoisotopic (exact) mass is 314 g/mol. The molecule has 0 radical (unpaired) electrons. The van der Waals surface area contributed by atoms with E-state index in [-0.39, 0.29) is 0 Å². The fourth-order valence-corrected chi connectivity index (χ4v) is 3.86. The van der Waals surface area contributed by atoms with Crippen molar-refractivity contribution in [1.29, 1.82) is 0 Å². The van der Waals surface area contributed by atoms with Crippen LogP contribution in [0.4, 0.5) is 0 Å². The third-order valence-electron chi connectivity index (χ3n) is 4.30. The quantitative estimate of drug-likeness (QED) is 0.661. The number of alkyl halides is 1. The summed E-state index contributed by atoms with van der Waals surface area (Å²) in [4.78, 5) is 0.424. The van der Waals surface area contributed by atoms with Gasteiger partial charge in [0.25, 0.3) is 0 Å². The van der Waals surface area contributed by atoms with Crippen molar-refractivity contribution in [1.82, 2.24) is 0 Å². The fraction of sp³-hybridized carbons (Fsp3) is 0.333. The highest BCUT2D eigenvalue weighted by atomic mass is 79.9. The Labute approximate surface area is 124 Å². The summed E-state index contributed by atoms with van der Waals surface area (Å²) in [7, 11) is 0. The van der Waals surface area contributed by atoms with Gasteiger partial charge in [-0.1, -0.05) is 77.5 Å². The first-order chi connectivity index (χ1) is 9.26. The van der Waals surface area contributed by atoms with Crippen LogP contribution in [0, 0.1) is 0 Å². The Morgan fingerprint density at radius 2 is 1.63 bits per heavy atom. The second-order valence-electron chi connectivity index (χ2n) is 5.48. The molecule has 0 amide bonds. The van der Waals surface area contributed by atoms with Crippen molar-refractivity contribution in [3.8, 4) is 0 Å². The highest BCUT2D eigenvalue weighted by molar-refractivity contribution is 9.09. The number of halogens is 1. The van der Waals surface area contributed by atoms with Gasteiger partial charge in [0.15, 0.2) is 0 Å². The van der Waals surface area contributed by atoms with Crippen molar-refractivity contribution >= 4 is 15.9 Å². The van der Waals surface area contributed by atoms with E-state index in [0.717, 1.165) is 6.42 Å². The number of aryl methyl sites for hydroxylation is 1. The minimum absolute atomic E-state index is 0.314. The Morgan fingerprint density at radius 1 is 1.00 bits per heavy atom. The normalized spacial score (nSPS) is 18.0. The van der Waals surface area contributed by atoms with E-state index in [9.17, 15) is 0 Å². The van der Waals surface area contributed by atoms with Crippen LogP contribution < -0.4 is 0 Å². The van der Waals surface area contributed by atoms with E-state index in [1.807, 2.05) is 0 Å². The lowest BCUT2D eigenvalue weighted by molar-refractivity contribution is 0.681. The van der Waals surface area contributed by atoms with Gasteiger partial charge in [0.2, 0.25) is 0 Å². The zero-order chi connectivity index (χ0) is 13.3. The number of hydrogen-bond acceptors (Lipinski definition) is 0. The van der Waals surface area contributed by atoms with Crippen molar-refractivity contribution in [3.63, 3.8) is 0 Å². The van der Waals surface area contributed by atoms with E-state index in [1.54, 1.807) is 0 Å². The summed E-state index contributed by atoms with van der Waals surface area (Å²) in [6.45, 7) is 2.20. The number of hydrogen-bond donors (Lipinski definition) is 0. The maximum Gasteiger partial charge on any atom is 0.0491 e. The second-order valence-corrected chi connectivity index (χ2v) is 6.40. The van der Waals surface area contributed by atoms with Gasteiger partial charge >= 0.3 is 0 Å². The number of rotatable bonds is 4. The van der Waals surface area contributed by atoms with Gasteiger partial charge in [-0.25, -0.2) is 0 Å². The molecule has 3 rings (SSSR count). The smallest absolute Gasteiger partial charge is 0.0491 e. The molecule has 0 bridgehead atoms. The molecule has 98 valence electrons. The Bertz CT molecular complexity index is 538. The van der Waals surface area contributed by atoms with E-state index in [2.05, 4.69) is 77.5 Å². The van der Waals surface area contributed by atoms with Crippen molar-refractivity contribution in [3.05, 3.63) is 71.3 Å². The molecule has 1 atom stereocenters. The second kappa shape index (κ2) is 5.13. The number of benzene rings is 2. The lowest BCUT2D eigenvalue weighted by atomic mass is 9.88. The lowest BCUT2D eigenvalue weighted by Gasteiger charge is -2.23. The average molecular weight is 315 g/mol. The van der Waals surface area contributed by atoms with Crippen molar-refractivity contribution in [2.45, 2.75) is 36.4 Å². The maximum atomic E-state index is 3.95. The van der Waals surface area contributed by atoms with E-state index in [1.165, 1.54) is 29.5 Å². The predicted octanol–water partition coefficient (Wildman–Crippen LogP) is 5.42. The molecule has 1 aliphatic rings. The first kappa shape index (κ1) is 12.9. The maximum absolute atomic E-state index is 3.95. The van der Waals surface area contributed by atoms with E-state index < -0.39 is 0 Å².